The first-order valence-corrected chi connectivity index (χ1v) is 15.9. The van der Waals surface area contributed by atoms with Crippen molar-refractivity contribution in [2.75, 3.05) is 13.2 Å². The monoisotopic (exact) mass is 762 g/mol. The summed E-state index contributed by atoms with van der Waals surface area (Å²) in [5.41, 5.74) is 10.5. The van der Waals surface area contributed by atoms with Crippen LogP contribution in [0.2, 0.25) is 0 Å². The van der Waals surface area contributed by atoms with Gasteiger partial charge in [-0.15, -0.1) is 0 Å². The van der Waals surface area contributed by atoms with Crippen LogP contribution in [0.5, 0.6) is 0 Å². The van der Waals surface area contributed by atoms with E-state index in [1.807, 2.05) is 5.32 Å². The van der Waals surface area contributed by atoms with Gasteiger partial charge < -0.3 is 68.9 Å². The molecule has 0 unspecified atom stereocenters. The van der Waals surface area contributed by atoms with Crippen LogP contribution in [-0.2, 0) is 52.7 Å². The smallest absolute Gasteiger partial charge is 0.326 e. The predicted molar refractivity (Wildman–Crippen MR) is 175 cm³/mol. The standard InChI is InChI=1S/C29H46N8O16/c1-12(2)7-16(36-28(51)18(9-23(45)46)33-20(40)10-32-24(47)13(30)11-38)26(49)34-14(3-5-21(41)42)25(48)37-17(8-19(31)39)27(50)35-15(29(52)53)4-6-22(43)44/h12-18,38H,3-11,30H2,1-2H3,(H2,31,39)(H,32,47)(H,33,40)(H,34,49)(H,35,50)(H,36,51)(H,37,48)(H,41,42)(H,43,44)(H,45,46)(H,52,53)/t13-,14-,15-,16-,17-,18-/m0/s1. The third-order valence-corrected chi connectivity index (χ3v) is 6.91. The second-order valence-electron chi connectivity index (χ2n) is 12.0. The number of amides is 7. The van der Waals surface area contributed by atoms with E-state index in [0.29, 0.717) is 0 Å². The third kappa shape index (κ3) is 19.9. The summed E-state index contributed by atoms with van der Waals surface area (Å²) in [7, 11) is 0. The maximum atomic E-state index is 13.5. The van der Waals surface area contributed by atoms with Crippen LogP contribution in [0.3, 0.4) is 0 Å². The van der Waals surface area contributed by atoms with Crippen molar-refractivity contribution in [1.82, 2.24) is 31.9 Å². The first-order chi connectivity index (χ1) is 24.6. The molecule has 0 aliphatic rings. The van der Waals surface area contributed by atoms with Gasteiger partial charge in [0.25, 0.3) is 0 Å². The molecule has 0 aromatic rings. The van der Waals surface area contributed by atoms with Crippen molar-refractivity contribution in [2.24, 2.45) is 17.4 Å². The van der Waals surface area contributed by atoms with Gasteiger partial charge in [0, 0.05) is 12.8 Å². The molecule has 0 radical (unpaired) electrons. The Bertz CT molecular complexity index is 1390. The van der Waals surface area contributed by atoms with E-state index in [2.05, 4.69) is 26.6 Å². The number of carbonyl (C=O) groups excluding carboxylic acids is 7. The van der Waals surface area contributed by atoms with Crippen LogP contribution in [0.4, 0.5) is 0 Å². The van der Waals surface area contributed by atoms with Crippen LogP contribution < -0.4 is 43.4 Å². The van der Waals surface area contributed by atoms with Crippen molar-refractivity contribution in [3.63, 3.8) is 0 Å². The number of rotatable bonds is 26. The summed E-state index contributed by atoms with van der Waals surface area (Å²) in [6, 6.07) is -10.2. The van der Waals surface area contributed by atoms with Crippen LogP contribution in [-0.4, -0.2) is 140 Å². The molecule has 0 aliphatic carbocycles. The lowest BCUT2D eigenvalue weighted by Gasteiger charge is -2.27. The molecule has 15 N–H and O–H groups in total. The minimum atomic E-state index is -1.88. The highest BCUT2D eigenvalue weighted by Gasteiger charge is 2.34. The molecule has 0 aromatic carbocycles. The van der Waals surface area contributed by atoms with Crippen LogP contribution >= 0.6 is 0 Å². The molecule has 0 bridgehead atoms. The number of nitrogens with two attached hydrogens (primary N) is 2. The minimum Gasteiger partial charge on any atom is -0.481 e. The van der Waals surface area contributed by atoms with E-state index < -0.39 is 153 Å². The molecule has 0 heterocycles. The zero-order valence-corrected chi connectivity index (χ0v) is 28.8. The molecule has 24 nitrogen and oxygen atoms in total. The van der Waals surface area contributed by atoms with Gasteiger partial charge >= 0.3 is 23.9 Å². The normalized spacial score (nSPS) is 14.1. The highest BCUT2D eigenvalue weighted by atomic mass is 16.4. The summed E-state index contributed by atoms with van der Waals surface area (Å²) in [5.74, 6) is -14.4. The Kier molecular flexibility index (Phi) is 20.9. The van der Waals surface area contributed by atoms with Crippen LogP contribution in [0.1, 0.15) is 58.8 Å². The number of aliphatic hydroxyl groups is 1. The fraction of sp³-hybridized carbons (Fsp3) is 0.621. The van der Waals surface area contributed by atoms with E-state index in [1.54, 1.807) is 13.8 Å². The summed E-state index contributed by atoms with van der Waals surface area (Å²) in [5, 5.41) is 58.3. The molecule has 53 heavy (non-hydrogen) atoms. The summed E-state index contributed by atoms with van der Waals surface area (Å²) >= 11 is 0. The van der Waals surface area contributed by atoms with E-state index >= 15 is 0 Å². The molecule has 298 valence electrons. The molecular formula is C29H46N8O16. The average molecular weight is 763 g/mol. The number of primary amides is 1. The van der Waals surface area contributed by atoms with E-state index in [9.17, 15) is 68.1 Å². The maximum Gasteiger partial charge on any atom is 0.326 e. The van der Waals surface area contributed by atoms with Crippen LogP contribution in [0.25, 0.3) is 0 Å². The SMILES string of the molecule is CC(C)C[C@H](NC(=O)[C@H](CC(=O)O)NC(=O)CNC(=O)[C@@H](N)CO)C(=O)N[C@@H](CCC(=O)O)C(=O)N[C@@H](CC(N)=O)C(=O)N[C@@H](CCC(=O)O)C(=O)O. The Hall–Kier alpha value is -5.91. The molecule has 6 atom stereocenters. The fourth-order valence-corrected chi connectivity index (χ4v) is 4.28. The fourth-order valence-electron chi connectivity index (χ4n) is 4.28. The van der Waals surface area contributed by atoms with Crippen LogP contribution in [0.15, 0.2) is 0 Å². The van der Waals surface area contributed by atoms with Crippen molar-refractivity contribution in [2.45, 2.75) is 95.0 Å². The van der Waals surface area contributed by atoms with Crippen molar-refractivity contribution in [3.05, 3.63) is 0 Å². The molecule has 7 amide bonds. The van der Waals surface area contributed by atoms with Crippen molar-refractivity contribution in [3.8, 4) is 0 Å². The summed E-state index contributed by atoms with van der Waals surface area (Å²) in [6.45, 7) is 1.71. The highest BCUT2D eigenvalue weighted by molar-refractivity contribution is 5.98. The first-order valence-electron chi connectivity index (χ1n) is 15.9. The Morgan fingerprint density at radius 2 is 1.00 bits per heavy atom. The second-order valence-corrected chi connectivity index (χ2v) is 12.0. The van der Waals surface area contributed by atoms with E-state index in [0.717, 1.165) is 0 Å². The Balaban J connectivity index is 6.19. The van der Waals surface area contributed by atoms with Crippen molar-refractivity contribution >= 4 is 65.2 Å². The van der Waals surface area contributed by atoms with E-state index in [1.165, 1.54) is 0 Å². The molecule has 0 spiro atoms. The Morgan fingerprint density at radius 1 is 0.566 bits per heavy atom. The average Bonchev–Trinajstić information content (AvgIpc) is 3.04. The molecule has 0 fully saturated rings. The first kappa shape index (κ1) is 47.1. The maximum absolute atomic E-state index is 13.5. The number of carboxylic acid groups (broad SMARTS) is 4. The second kappa shape index (κ2) is 23.5. The van der Waals surface area contributed by atoms with Crippen molar-refractivity contribution in [1.29, 1.82) is 0 Å². The molecule has 0 rings (SSSR count). The third-order valence-electron chi connectivity index (χ3n) is 6.91. The lowest BCUT2D eigenvalue weighted by Crippen LogP contribution is -2.59. The molecular weight excluding hydrogens is 716 g/mol. The van der Waals surface area contributed by atoms with Gasteiger partial charge in [-0.3, -0.25) is 47.9 Å². The molecule has 0 aromatic heterocycles. The number of aliphatic carboxylic acids is 4. The van der Waals surface area contributed by atoms with E-state index in [-0.39, 0.29) is 12.3 Å². The van der Waals surface area contributed by atoms with Gasteiger partial charge in [0.15, 0.2) is 0 Å². The van der Waals surface area contributed by atoms with Gasteiger partial charge in [-0.2, -0.15) is 0 Å². The van der Waals surface area contributed by atoms with Gasteiger partial charge in [0.1, 0.15) is 36.3 Å². The minimum absolute atomic E-state index is 0.159. The van der Waals surface area contributed by atoms with Gasteiger partial charge in [0.05, 0.1) is 26.0 Å². The number of hydrogen-bond donors (Lipinski definition) is 13. The number of carbonyl (C=O) groups is 11. The van der Waals surface area contributed by atoms with Gasteiger partial charge in [-0.1, -0.05) is 13.8 Å². The Labute approximate surface area is 301 Å². The van der Waals surface area contributed by atoms with Gasteiger partial charge in [-0.05, 0) is 25.2 Å². The quantitative estimate of drug-likeness (QED) is 0.0390. The van der Waals surface area contributed by atoms with Gasteiger partial charge in [-0.25, -0.2) is 4.79 Å². The molecule has 0 aliphatic heterocycles. The topological polar surface area (TPSA) is 413 Å². The highest BCUT2D eigenvalue weighted by Crippen LogP contribution is 2.09. The van der Waals surface area contributed by atoms with E-state index in [4.69, 9.17) is 21.7 Å². The Morgan fingerprint density at radius 3 is 1.45 bits per heavy atom. The van der Waals surface area contributed by atoms with Crippen molar-refractivity contribution < 1.29 is 78.3 Å². The zero-order valence-electron chi connectivity index (χ0n) is 28.8. The predicted octanol–water partition coefficient (Wildman–Crippen LogP) is -5.94. The zero-order chi connectivity index (χ0) is 41.0. The molecule has 0 saturated carbocycles. The molecule has 24 heteroatoms. The number of aliphatic hydroxyl groups excluding tert-OH is 1. The number of nitrogens with one attached hydrogen (secondary N) is 6. The lowest BCUT2D eigenvalue weighted by molar-refractivity contribution is -0.144. The summed E-state index contributed by atoms with van der Waals surface area (Å²) in [6.07, 6.45) is -4.69. The number of carboxylic acids is 4. The van der Waals surface area contributed by atoms with Gasteiger partial charge in [0.2, 0.25) is 41.4 Å². The number of hydrogen-bond acceptors (Lipinski definition) is 13. The lowest BCUT2D eigenvalue weighted by atomic mass is 10.0. The summed E-state index contributed by atoms with van der Waals surface area (Å²) < 4.78 is 0. The van der Waals surface area contributed by atoms with Crippen LogP contribution in [0, 0.1) is 5.92 Å². The largest absolute Gasteiger partial charge is 0.481 e. The summed E-state index contributed by atoms with van der Waals surface area (Å²) in [4.78, 5) is 134. The molecule has 0 saturated heterocycles.